The van der Waals surface area contributed by atoms with Gasteiger partial charge in [0.1, 0.15) is 6.04 Å². The summed E-state index contributed by atoms with van der Waals surface area (Å²) in [5.41, 5.74) is 3.01. The number of nitrogens with one attached hydrogen (secondary N) is 1. The number of hydrogen-bond acceptors (Lipinski definition) is 2. The second-order valence-electron chi connectivity index (χ2n) is 5.73. The molecule has 1 fully saturated rings. The van der Waals surface area contributed by atoms with E-state index in [1.54, 1.807) is 4.90 Å². The van der Waals surface area contributed by atoms with Gasteiger partial charge < -0.3 is 10.2 Å². The van der Waals surface area contributed by atoms with Gasteiger partial charge in [-0.1, -0.05) is 61.5 Å². The van der Waals surface area contributed by atoms with Crippen LogP contribution in [0.25, 0.3) is 0 Å². The van der Waals surface area contributed by atoms with Gasteiger partial charge in [0, 0.05) is 6.54 Å². The van der Waals surface area contributed by atoms with E-state index < -0.39 is 6.04 Å². The van der Waals surface area contributed by atoms with E-state index in [0.717, 1.165) is 23.1 Å². The molecule has 3 rings (SSSR count). The van der Waals surface area contributed by atoms with Gasteiger partial charge >= 0.3 is 0 Å². The largest absolute Gasteiger partial charge is 0.339 e. The highest BCUT2D eigenvalue weighted by Crippen LogP contribution is 2.24. The van der Waals surface area contributed by atoms with Crippen LogP contribution in [0.5, 0.6) is 0 Å². The second-order valence-corrected chi connectivity index (χ2v) is 5.73. The standard InChI is InChI=1S/C19H20N2O2/c1-2-15-10-6-7-11-16(15)18-19(23)21(13-17(22)20-18)12-14-8-4-3-5-9-14/h3-11,18H,2,12-13H2,1H3,(H,20,22)/t18-/m1/s1. The Hall–Kier alpha value is -2.62. The highest BCUT2D eigenvalue weighted by atomic mass is 16.2. The fraction of sp³-hybridized carbons (Fsp3) is 0.263. The van der Waals surface area contributed by atoms with Gasteiger partial charge in [-0.2, -0.15) is 0 Å². The van der Waals surface area contributed by atoms with E-state index in [-0.39, 0.29) is 18.4 Å². The summed E-state index contributed by atoms with van der Waals surface area (Å²) in [6.07, 6.45) is 0.828. The van der Waals surface area contributed by atoms with E-state index >= 15 is 0 Å². The zero-order valence-corrected chi connectivity index (χ0v) is 13.2. The lowest BCUT2D eigenvalue weighted by Gasteiger charge is -2.33. The number of carbonyl (C=O) groups excluding carboxylic acids is 2. The van der Waals surface area contributed by atoms with E-state index in [1.807, 2.05) is 54.6 Å². The first-order chi connectivity index (χ1) is 11.2. The predicted octanol–water partition coefficient (Wildman–Crippen LogP) is 2.45. The van der Waals surface area contributed by atoms with Gasteiger partial charge in [0.05, 0.1) is 6.54 Å². The molecule has 0 aliphatic carbocycles. The number of aryl methyl sites for hydroxylation is 1. The van der Waals surface area contributed by atoms with Crippen molar-refractivity contribution >= 4 is 11.8 Å². The lowest BCUT2D eigenvalue weighted by Crippen LogP contribution is -2.53. The maximum Gasteiger partial charge on any atom is 0.250 e. The van der Waals surface area contributed by atoms with Crippen LogP contribution in [0.3, 0.4) is 0 Å². The molecule has 0 spiro atoms. The van der Waals surface area contributed by atoms with E-state index in [1.165, 1.54) is 0 Å². The van der Waals surface area contributed by atoms with Crippen LogP contribution in [-0.2, 0) is 22.6 Å². The van der Waals surface area contributed by atoms with Crippen LogP contribution in [0.4, 0.5) is 0 Å². The van der Waals surface area contributed by atoms with Crippen LogP contribution in [0, 0.1) is 0 Å². The number of amides is 2. The molecular formula is C19H20N2O2. The van der Waals surface area contributed by atoms with Gasteiger partial charge in [-0.25, -0.2) is 0 Å². The number of carbonyl (C=O) groups is 2. The maximum absolute atomic E-state index is 12.9. The molecule has 4 heteroatoms. The Morgan fingerprint density at radius 1 is 1.04 bits per heavy atom. The van der Waals surface area contributed by atoms with Gasteiger partial charge in [0.15, 0.2) is 0 Å². The quantitative estimate of drug-likeness (QED) is 0.943. The summed E-state index contributed by atoms with van der Waals surface area (Å²) in [6.45, 7) is 2.62. The Morgan fingerprint density at radius 3 is 2.48 bits per heavy atom. The van der Waals surface area contributed by atoms with Gasteiger partial charge in [-0.05, 0) is 23.1 Å². The number of nitrogens with zero attached hydrogens (tertiary/aromatic N) is 1. The average molecular weight is 308 g/mol. The molecule has 0 radical (unpaired) electrons. The first-order valence-electron chi connectivity index (χ1n) is 7.89. The molecule has 0 saturated carbocycles. The van der Waals surface area contributed by atoms with Crippen LogP contribution >= 0.6 is 0 Å². The zero-order valence-electron chi connectivity index (χ0n) is 13.2. The third-order valence-electron chi connectivity index (χ3n) is 4.16. The average Bonchev–Trinajstić information content (AvgIpc) is 2.58. The molecule has 0 unspecified atom stereocenters. The molecule has 2 aromatic rings. The number of piperazine rings is 1. The van der Waals surface area contributed by atoms with Crippen LogP contribution in [0.2, 0.25) is 0 Å². The Kier molecular flexibility index (Phi) is 4.42. The van der Waals surface area contributed by atoms with Crippen molar-refractivity contribution in [1.82, 2.24) is 10.2 Å². The predicted molar refractivity (Wildman–Crippen MR) is 88.6 cm³/mol. The monoisotopic (exact) mass is 308 g/mol. The molecule has 118 valence electrons. The minimum atomic E-state index is -0.587. The fourth-order valence-corrected chi connectivity index (χ4v) is 2.99. The first kappa shape index (κ1) is 15.3. The SMILES string of the molecule is CCc1ccccc1[C@H]1NC(=O)CN(Cc2ccccc2)C1=O. The van der Waals surface area contributed by atoms with Gasteiger partial charge in [-0.3, -0.25) is 9.59 Å². The molecular weight excluding hydrogens is 288 g/mol. The summed E-state index contributed by atoms with van der Waals surface area (Å²) in [5.74, 6) is -0.161. The molecule has 2 amide bonds. The van der Waals surface area contributed by atoms with Gasteiger partial charge in [0.25, 0.3) is 5.91 Å². The van der Waals surface area contributed by atoms with Crippen molar-refractivity contribution in [3.8, 4) is 0 Å². The van der Waals surface area contributed by atoms with Crippen molar-refractivity contribution in [2.45, 2.75) is 25.9 Å². The van der Waals surface area contributed by atoms with Crippen molar-refractivity contribution in [1.29, 1.82) is 0 Å². The minimum Gasteiger partial charge on any atom is -0.339 e. The minimum absolute atomic E-state index is 0.0469. The normalized spacial score (nSPS) is 18.0. The summed E-state index contributed by atoms with van der Waals surface area (Å²) in [5, 5.41) is 2.84. The molecule has 2 aromatic carbocycles. The summed E-state index contributed by atoms with van der Waals surface area (Å²) >= 11 is 0. The Balaban J connectivity index is 1.87. The lowest BCUT2D eigenvalue weighted by molar-refractivity contribution is -0.145. The van der Waals surface area contributed by atoms with E-state index in [9.17, 15) is 9.59 Å². The first-order valence-corrected chi connectivity index (χ1v) is 7.89. The van der Waals surface area contributed by atoms with Crippen molar-refractivity contribution < 1.29 is 9.59 Å². The van der Waals surface area contributed by atoms with Crippen LogP contribution in [0.15, 0.2) is 54.6 Å². The van der Waals surface area contributed by atoms with Crippen LogP contribution in [0.1, 0.15) is 29.7 Å². The molecule has 1 atom stereocenters. The summed E-state index contributed by atoms with van der Waals surface area (Å²) in [7, 11) is 0. The molecule has 1 saturated heterocycles. The molecule has 1 aliphatic heterocycles. The summed E-state index contributed by atoms with van der Waals surface area (Å²) in [4.78, 5) is 26.6. The lowest BCUT2D eigenvalue weighted by atomic mass is 9.96. The van der Waals surface area contributed by atoms with Crippen molar-refractivity contribution in [2.75, 3.05) is 6.54 Å². The van der Waals surface area contributed by atoms with Crippen molar-refractivity contribution in [3.05, 3.63) is 71.3 Å². The van der Waals surface area contributed by atoms with Gasteiger partial charge in [0.2, 0.25) is 5.91 Å². The van der Waals surface area contributed by atoms with E-state index in [2.05, 4.69) is 12.2 Å². The third-order valence-corrected chi connectivity index (χ3v) is 4.16. The molecule has 1 heterocycles. The number of rotatable bonds is 4. The van der Waals surface area contributed by atoms with Crippen LogP contribution < -0.4 is 5.32 Å². The molecule has 1 aliphatic rings. The molecule has 0 bridgehead atoms. The zero-order chi connectivity index (χ0) is 16.2. The third kappa shape index (κ3) is 3.26. The highest BCUT2D eigenvalue weighted by molar-refractivity contribution is 5.95. The smallest absolute Gasteiger partial charge is 0.250 e. The number of benzene rings is 2. The summed E-state index contributed by atoms with van der Waals surface area (Å²) < 4.78 is 0. The van der Waals surface area contributed by atoms with Crippen LogP contribution in [-0.4, -0.2) is 23.3 Å². The summed E-state index contributed by atoms with van der Waals surface area (Å²) in [6, 6.07) is 17.0. The second kappa shape index (κ2) is 6.65. The highest BCUT2D eigenvalue weighted by Gasteiger charge is 2.34. The Morgan fingerprint density at radius 2 is 1.74 bits per heavy atom. The topological polar surface area (TPSA) is 49.4 Å². The Labute approximate surface area is 136 Å². The van der Waals surface area contributed by atoms with Crippen molar-refractivity contribution in [3.63, 3.8) is 0 Å². The maximum atomic E-state index is 12.9. The molecule has 23 heavy (non-hydrogen) atoms. The van der Waals surface area contributed by atoms with Gasteiger partial charge in [-0.15, -0.1) is 0 Å². The van der Waals surface area contributed by atoms with E-state index in [4.69, 9.17) is 0 Å². The Bertz CT molecular complexity index is 712. The van der Waals surface area contributed by atoms with Crippen molar-refractivity contribution in [2.24, 2.45) is 0 Å². The molecule has 0 aromatic heterocycles. The molecule has 4 nitrogen and oxygen atoms in total. The fourth-order valence-electron chi connectivity index (χ4n) is 2.99. The molecule has 1 N–H and O–H groups in total. The van der Waals surface area contributed by atoms with E-state index in [0.29, 0.717) is 6.54 Å². The number of hydrogen-bond donors (Lipinski definition) is 1.